The predicted octanol–water partition coefficient (Wildman–Crippen LogP) is 4.11. The van der Waals surface area contributed by atoms with Gasteiger partial charge in [0.25, 0.3) is 5.91 Å². The lowest BCUT2D eigenvalue weighted by Gasteiger charge is -2.07. The van der Waals surface area contributed by atoms with Crippen LogP contribution in [0.2, 0.25) is 0 Å². The van der Waals surface area contributed by atoms with Gasteiger partial charge in [0.05, 0.1) is 16.8 Å². The van der Waals surface area contributed by atoms with Crippen molar-refractivity contribution in [2.75, 3.05) is 18.5 Å². The van der Waals surface area contributed by atoms with E-state index in [9.17, 15) is 4.79 Å². The van der Waals surface area contributed by atoms with Crippen molar-refractivity contribution in [3.8, 4) is 5.75 Å². The Hall–Kier alpha value is -3.45. The highest BCUT2D eigenvalue weighted by Gasteiger charge is 2.09. The molecule has 0 saturated carbocycles. The van der Waals surface area contributed by atoms with E-state index >= 15 is 0 Å². The maximum Gasteiger partial charge on any atom is 0.251 e. The van der Waals surface area contributed by atoms with E-state index in [4.69, 9.17) is 4.74 Å². The van der Waals surface area contributed by atoms with Crippen LogP contribution in [0.4, 0.5) is 5.13 Å². The fourth-order valence-electron chi connectivity index (χ4n) is 2.77. The molecule has 0 aliphatic rings. The molecular formula is C22H20N4O2S. The molecule has 146 valence electrons. The van der Waals surface area contributed by atoms with E-state index in [0.29, 0.717) is 25.3 Å². The largest absolute Gasteiger partial charge is 0.492 e. The van der Waals surface area contributed by atoms with Crippen LogP contribution in [0.1, 0.15) is 15.9 Å². The Kier molecular flexibility index (Phi) is 5.97. The third kappa shape index (κ3) is 5.08. The zero-order chi connectivity index (χ0) is 19.9. The van der Waals surface area contributed by atoms with Crippen LogP contribution >= 0.6 is 11.3 Å². The Morgan fingerprint density at radius 1 is 1.07 bits per heavy atom. The number of carbonyl (C=O) groups is 1. The number of nitrogens with one attached hydrogen (secondary N) is 2. The molecule has 2 aromatic heterocycles. The highest BCUT2D eigenvalue weighted by Crippen LogP contribution is 2.27. The molecule has 4 rings (SSSR count). The van der Waals surface area contributed by atoms with E-state index in [2.05, 4.69) is 20.6 Å². The molecule has 0 spiro atoms. The molecule has 0 fully saturated rings. The summed E-state index contributed by atoms with van der Waals surface area (Å²) < 4.78 is 6.56. The molecule has 0 unspecified atom stereocenters. The molecule has 1 amide bonds. The Bertz CT molecular complexity index is 1080. The minimum Gasteiger partial charge on any atom is -0.492 e. The molecular weight excluding hydrogens is 384 g/mol. The third-order valence-electron chi connectivity index (χ3n) is 4.22. The number of hydrogen-bond acceptors (Lipinski definition) is 6. The number of thiazole rings is 1. The summed E-state index contributed by atoms with van der Waals surface area (Å²) in [5, 5.41) is 7.01. The van der Waals surface area contributed by atoms with Crippen LogP contribution in [0.15, 0.2) is 73.1 Å². The minimum atomic E-state index is -0.123. The molecule has 4 aromatic rings. The number of pyridine rings is 1. The smallest absolute Gasteiger partial charge is 0.251 e. The molecule has 2 heterocycles. The second kappa shape index (κ2) is 9.16. The quantitative estimate of drug-likeness (QED) is 0.432. The maximum atomic E-state index is 12.4. The number of anilines is 1. The zero-order valence-electron chi connectivity index (χ0n) is 15.7. The standard InChI is InChI=1S/C22H20N4O2S/c27-21(24-11-12-28-18-6-2-1-3-7-18)17-8-9-19-20(13-17)29-22(26-19)25-15-16-5-4-10-23-14-16/h1-10,13-14H,11-12,15H2,(H,24,27)(H,25,26). The number of benzene rings is 2. The first-order valence-corrected chi connectivity index (χ1v) is 10.1. The number of fused-ring (bicyclic) bond motifs is 1. The normalized spacial score (nSPS) is 10.6. The molecule has 0 bridgehead atoms. The summed E-state index contributed by atoms with van der Waals surface area (Å²) in [5.41, 5.74) is 2.57. The summed E-state index contributed by atoms with van der Waals surface area (Å²) >= 11 is 1.53. The van der Waals surface area contributed by atoms with Gasteiger partial charge in [-0.05, 0) is 42.0 Å². The summed E-state index contributed by atoms with van der Waals surface area (Å²) in [6, 6.07) is 19.0. The Morgan fingerprint density at radius 3 is 2.79 bits per heavy atom. The van der Waals surface area contributed by atoms with E-state index in [1.54, 1.807) is 12.3 Å². The van der Waals surface area contributed by atoms with Gasteiger partial charge in [-0.2, -0.15) is 0 Å². The fraction of sp³-hybridized carbons (Fsp3) is 0.136. The fourth-order valence-corrected chi connectivity index (χ4v) is 3.67. The zero-order valence-corrected chi connectivity index (χ0v) is 16.5. The highest BCUT2D eigenvalue weighted by molar-refractivity contribution is 7.22. The summed E-state index contributed by atoms with van der Waals surface area (Å²) in [6.45, 7) is 1.51. The lowest BCUT2D eigenvalue weighted by atomic mass is 10.2. The number of aromatic nitrogens is 2. The number of ether oxygens (including phenoxy) is 1. The molecule has 7 heteroatoms. The van der Waals surface area contributed by atoms with Crippen LogP contribution in [-0.2, 0) is 6.54 Å². The summed E-state index contributed by atoms with van der Waals surface area (Å²) in [5.74, 6) is 0.668. The van der Waals surface area contributed by atoms with Crippen molar-refractivity contribution >= 4 is 32.6 Å². The first-order chi connectivity index (χ1) is 14.3. The van der Waals surface area contributed by atoms with Gasteiger partial charge in [0.1, 0.15) is 12.4 Å². The van der Waals surface area contributed by atoms with Crippen LogP contribution in [0.5, 0.6) is 5.75 Å². The number of amides is 1. The second-order valence-corrected chi connectivity index (χ2v) is 7.36. The van der Waals surface area contributed by atoms with Crippen molar-refractivity contribution in [1.82, 2.24) is 15.3 Å². The van der Waals surface area contributed by atoms with Crippen molar-refractivity contribution in [3.05, 3.63) is 84.2 Å². The highest BCUT2D eigenvalue weighted by atomic mass is 32.1. The van der Waals surface area contributed by atoms with Crippen LogP contribution in [-0.4, -0.2) is 29.0 Å². The number of nitrogens with zero attached hydrogens (tertiary/aromatic N) is 2. The number of para-hydroxylation sites is 1. The van der Waals surface area contributed by atoms with Crippen molar-refractivity contribution in [2.24, 2.45) is 0 Å². The molecule has 0 radical (unpaired) electrons. The van der Waals surface area contributed by atoms with Crippen molar-refractivity contribution < 1.29 is 9.53 Å². The maximum absolute atomic E-state index is 12.4. The topological polar surface area (TPSA) is 76.1 Å². The molecule has 0 aliphatic heterocycles. The predicted molar refractivity (Wildman–Crippen MR) is 115 cm³/mol. The number of rotatable bonds is 8. The first-order valence-electron chi connectivity index (χ1n) is 9.27. The minimum absolute atomic E-state index is 0.123. The van der Waals surface area contributed by atoms with Crippen molar-refractivity contribution in [1.29, 1.82) is 0 Å². The first kappa shape index (κ1) is 18.9. The van der Waals surface area contributed by atoms with Gasteiger partial charge in [-0.1, -0.05) is 35.6 Å². The van der Waals surface area contributed by atoms with E-state index < -0.39 is 0 Å². The number of carbonyl (C=O) groups excluding carboxylic acids is 1. The lowest BCUT2D eigenvalue weighted by molar-refractivity contribution is 0.0947. The number of hydrogen-bond donors (Lipinski definition) is 2. The average Bonchev–Trinajstić information content (AvgIpc) is 3.19. The average molecular weight is 404 g/mol. The molecule has 2 N–H and O–H groups in total. The second-order valence-electron chi connectivity index (χ2n) is 6.33. The lowest BCUT2D eigenvalue weighted by Crippen LogP contribution is -2.28. The van der Waals surface area contributed by atoms with Gasteiger partial charge in [0.15, 0.2) is 5.13 Å². The van der Waals surface area contributed by atoms with Crippen LogP contribution in [0.25, 0.3) is 10.2 Å². The van der Waals surface area contributed by atoms with Gasteiger partial charge in [-0.3, -0.25) is 9.78 Å². The summed E-state index contributed by atoms with van der Waals surface area (Å²) in [6.07, 6.45) is 3.58. The van der Waals surface area contributed by atoms with Crippen LogP contribution < -0.4 is 15.4 Å². The van der Waals surface area contributed by atoms with Gasteiger partial charge < -0.3 is 15.4 Å². The van der Waals surface area contributed by atoms with Crippen LogP contribution in [0, 0.1) is 0 Å². The van der Waals surface area contributed by atoms with Gasteiger partial charge in [0.2, 0.25) is 0 Å². The SMILES string of the molecule is O=C(NCCOc1ccccc1)c1ccc2nc(NCc3cccnc3)sc2c1. The van der Waals surface area contributed by atoms with Gasteiger partial charge in [-0.25, -0.2) is 4.98 Å². The van der Waals surface area contributed by atoms with E-state index in [1.807, 2.05) is 60.8 Å². The van der Waals surface area contributed by atoms with Gasteiger partial charge in [-0.15, -0.1) is 0 Å². The summed E-state index contributed by atoms with van der Waals surface area (Å²) in [7, 11) is 0. The van der Waals surface area contributed by atoms with Crippen molar-refractivity contribution in [2.45, 2.75) is 6.54 Å². The molecule has 2 aromatic carbocycles. The molecule has 0 saturated heterocycles. The molecule has 6 nitrogen and oxygen atoms in total. The monoisotopic (exact) mass is 404 g/mol. The van der Waals surface area contributed by atoms with Crippen molar-refractivity contribution in [3.63, 3.8) is 0 Å². The van der Waals surface area contributed by atoms with Crippen LogP contribution in [0.3, 0.4) is 0 Å². The Morgan fingerprint density at radius 2 is 1.97 bits per heavy atom. The van der Waals surface area contributed by atoms with Gasteiger partial charge >= 0.3 is 0 Å². The van der Waals surface area contributed by atoms with E-state index in [-0.39, 0.29) is 5.91 Å². The third-order valence-corrected chi connectivity index (χ3v) is 5.19. The molecule has 0 atom stereocenters. The van der Waals surface area contributed by atoms with E-state index in [0.717, 1.165) is 26.7 Å². The Balaban J connectivity index is 1.32. The molecule has 0 aliphatic carbocycles. The summed E-state index contributed by atoms with van der Waals surface area (Å²) in [4.78, 5) is 21.1. The Labute approximate surface area is 172 Å². The van der Waals surface area contributed by atoms with E-state index in [1.165, 1.54) is 11.3 Å². The molecule has 29 heavy (non-hydrogen) atoms. The van der Waals surface area contributed by atoms with Gasteiger partial charge in [0, 0.05) is 24.5 Å².